The maximum atomic E-state index is 2.53. The summed E-state index contributed by atoms with van der Waals surface area (Å²) in [7, 11) is 0. The lowest BCUT2D eigenvalue weighted by Crippen LogP contribution is -2.36. The van der Waals surface area contributed by atoms with Gasteiger partial charge in [-0.2, -0.15) is 11.8 Å². The Morgan fingerprint density at radius 2 is 1.67 bits per heavy atom. The number of hydrogen-bond acceptors (Lipinski definition) is 1. The minimum Gasteiger partial charge on any atom is -0.154 e. The molecule has 21 heavy (non-hydrogen) atoms. The summed E-state index contributed by atoms with van der Waals surface area (Å²) in [5.74, 6) is 1.78. The molecular formula is C20H30S. The lowest BCUT2D eigenvalue weighted by Gasteiger charge is -2.35. The van der Waals surface area contributed by atoms with E-state index in [4.69, 9.17) is 0 Å². The van der Waals surface area contributed by atoms with Gasteiger partial charge in [-0.3, -0.25) is 0 Å². The Morgan fingerprint density at radius 1 is 1.05 bits per heavy atom. The number of benzene rings is 1. The zero-order valence-corrected chi connectivity index (χ0v) is 15.3. The minimum absolute atomic E-state index is 0.250. The average Bonchev–Trinajstić information content (AvgIpc) is 2.87. The van der Waals surface area contributed by atoms with Gasteiger partial charge in [0.15, 0.2) is 0 Å². The molecular weight excluding hydrogens is 272 g/mol. The van der Waals surface area contributed by atoms with Gasteiger partial charge in [-0.15, -0.1) is 0 Å². The van der Waals surface area contributed by atoms with E-state index in [1.165, 1.54) is 18.4 Å². The lowest BCUT2D eigenvalue weighted by molar-refractivity contribution is 0.313. The maximum Gasteiger partial charge on any atom is 0.0119 e. The van der Waals surface area contributed by atoms with Crippen molar-refractivity contribution in [2.24, 2.45) is 11.8 Å². The van der Waals surface area contributed by atoms with E-state index in [9.17, 15) is 0 Å². The molecule has 5 atom stereocenters. The van der Waals surface area contributed by atoms with Gasteiger partial charge in [0.2, 0.25) is 0 Å². The van der Waals surface area contributed by atoms with Gasteiger partial charge in [0, 0.05) is 15.9 Å². The van der Waals surface area contributed by atoms with E-state index in [0.29, 0.717) is 5.41 Å². The van der Waals surface area contributed by atoms with Crippen molar-refractivity contribution in [1.82, 2.24) is 0 Å². The first-order valence-electron chi connectivity index (χ1n) is 8.49. The summed E-state index contributed by atoms with van der Waals surface area (Å²) in [5, 5.41) is 1.63. The van der Waals surface area contributed by atoms with Crippen LogP contribution in [0.4, 0.5) is 0 Å². The van der Waals surface area contributed by atoms with Crippen LogP contribution in [0, 0.1) is 11.8 Å². The zero-order chi connectivity index (χ0) is 15.4. The minimum atomic E-state index is 0.250. The van der Waals surface area contributed by atoms with Crippen molar-refractivity contribution >= 4 is 11.8 Å². The molecule has 1 aromatic rings. The summed E-state index contributed by atoms with van der Waals surface area (Å²) >= 11 is 2.25. The normalized spacial score (nSPS) is 39.5. The number of fused-ring (bicyclic) bond motifs is 1. The number of thioether (sulfide) groups is 1. The molecule has 1 heteroatoms. The second-order valence-electron chi connectivity index (χ2n) is 8.61. The molecule has 1 saturated heterocycles. The lowest BCUT2D eigenvalue weighted by atomic mass is 9.68. The Balaban J connectivity index is 1.94. The predicted molar refractivity (Wildman–Crippen MR) is 95.2 cm³/mol. The number of hydrogen-bond donors (Lipinski definition) is 0. The molecule has 5 unspecified atom stereocenters. The van der Waals surface area contributed by atoms with E-state index in [1.54, 1.807) is 5.56 Å². The Hall–Kier alpha value is -0.430. The monoisotopic (exact) mass is 302 g/mol. The third-order valence-electron chi connectivity index (χ3n) is 6.11. The Labute approximate surface area is 135 Å². The van der Waals surface area contributed by atoms with Crippen LogP contribution >= 0.6 is 11.8 Å². The van der Waals surface area contributed by atoms with Crippen LogP contribution in [0.2, 0.25) is 0 Å². The molecule has 3 rings (SSSR count). The van der Waals surface area contributed by atoms with E-state index in [-0.39, 0.29) is 5.41 Å². The average molecular weight is 303 g/mol. The number of rotatable bonds is 1. The second-order valence-corrected chi connectivity index (χ2v) is 10.2. The Kier molecular flexibility index (Phi) is 3.72. The first kappa shape index (κ1) is 15.5. The van der Waals surface area contributed by atoms with Crippen molar-refractivity contribution in [2.75, 3.05) is 0 Å². The van der Waals surface area contributed by atoms with Crippen molar-refractivity contribution in [3.8, 4) is 0 Å². The van der Waals surface area contributed by atoms with Crippen LogP contribution in [0.15, 0.2) is 24.3 Å². The van der Waals surface area contributed by atoms with E-state index in [0.717, 1.165) is 22.3 Å². The first-order chi connectivity index (χ1) is 9.73. The van der Waals surface area contributed by atoms with Crippen molar-refractivity contribution in [3.63, 3.8) is 0 Å². The quantitative estimate of drug-likeness (QED) is 0.632. The molecule has 2 aliphatic rings. The molecule has 0 radical (unpaired) electrons. The molecule has 1 aromatic carbocycles. The fraction of sp³-hybridized carbons (Fsp3) is 0.700. The predicted octanol–water partition coefficient (Wildman–Crippen LogP) is 5.79. The Bertz CT molecular complexity index is 510. The van der Waals surface area contributed by atoms with Crippen LogP contribution in [0.1, 0.15) is 65.5 Å². The summed E-state index contributed by atoms with van der Waals surface area (Å²) in [4.78, 5) is 0. The topological polar surface area (TPSA) is 0 Å². The van der Waals surface area contributed by atoms with Crippen LogP contribution in [0.3, 0.4) is 0 Å². The van der Waals surface area contributed by atoms with E-state index < -0.39 is 0 Å². The molecule has 2 fully saturated rings. The van der Waals surface area contributed by atoms with Gasteiger partial charge in [0.25, 0.3) is 0 Å². The molecule has 0 aromatic heterocycles. The molecule has 1 aliphatic carbocycles. The molecule has 1 aliphatic heterocycles. The maximum absolute atomic E-state index is 2.53. The first-order valence-corrected chi connectivity index (χ1v) is 9.43. The van der Waals surface area contributed by atoms with Gasteiger partial charge in [0.05, 0.1) is 0 Å². The molecule has 1 heterocycles. The zero-order valence-electron chi connectivity index (χ0n) is 14.4. The van der Waals surface area contributed by atoms with Crippen molar-refractivity contribution in [2.45, 2.75) is 75.7 Å². The smallest absolute Gasteiger partial charge is 0.0119 e. The van der Waals surface area contributed by atoms with Crippen LogP contribution in [0.25, 0.3) is 0 Å². The van der Waals surface area contributed by atoms with E-state index in [2.05, 4.69) is 77.6 Å². The van der Waals surface area contributed by atoms with Gasteiger partial charge in [-0.1, -0.05) is 65.8 Å². The SMILES string of the molecule is CC1CC2SC(C)C(C)(c3ccc(C(C)(C)C)cc3)C2C1. The highest BCUT2D eigenvalue weighted by Crippen LogP contribution is 2.60. The molecule has 0 nitrogen and oxygen atoms in total. The van der Waals surface area contributed by atoms with E-state index >= 15 is 0 Å². The van der Waals surface area contributed by atoms with Gasteiger partial charge in [-0.25, -0.2) is 0 Å². The fourth-order valence-electron chi connectivity index (χ4n) is 4.51. The third kappa shape index (κ3) is 2.46. The fourth-order valence-corrected chi connectivity index (χ4v) is 6.65. The highest BCUT2D eigenvalue weighted by atomic mass is 32.2. The molecule has 0 amide bonds. The molecule has 116 valence electrons. The Morgan fingerprint density at radius 3 is 2.24 bits per heavy atom. The molecule has 0 N–H and O–H groups in total. The van der Waals surface area contributed by atoms with Gasteiger partial charge in [-0.05, 0) is 41.2 Å². The summed E-state index contributed by atoms with van der Waals surface area (Å²) < 4.78 is 0. The standard InChI is InChI=1S/C20H30S/c1-13-11-17-18(12-13)21-14(2)20(17,6)16-9-7-15(8-10-16)19(3,4)5/h7-10,13-14,17-18H,11-12H2,1-6H3. The van der Waals surface area contributed by atoms with Crippen LogP contribution in [-0.4, -0.2) is 10.5 Å². The largest absolute Gasteiger partial charge is 0.154 e. The molecule has 1 saturated carbocycles. The van der Waals surface area contributed by atoms with E-state index in [1.807, 2.05) is 0 Å². The second kappa shape index (κ2) is 5.05. The molecule has 0 spiro atoms. The summed E-state index contributed by atoms with van der Waals surface area (Å²) in [6.07, 6.45) is 2.84. The third-order valence-corrected chi connectivity index (χ3v) is 7.87. The molecule has 0 bridgehead atoms. The summed E-state index contributed by atoms with van der Waals surface area (Å²) in [5.41, 5.74) is 3.62. The highest BCUT2D eigenvalue weighted by Gasteiger charge is 2.54. The van der Waals surface area contributed by atoms with Crippen LogP contribution in [-0.2, 0) is 10.8 Å². The van der Waals surface area contributed by atoms with Crippen molar-refractivity contribution < 1.29 is 0 Å². The summed E-state index contributed by atoms with van der Waals surface area (Å²) in [6, 6.07) is 9.57. The van der Waals surface area contributed by atoms with Crippen molar-refractivity contribution in [3.05, 3.63) is 35.4 Å². The van der Waals surface area contributed by atoms with Crippen molar-refractivity contribution in [1.29, 1.82) is 0 Å². The van der Waals surface area contributed by atoms with Crippen LogP contribution < -0.4 is 0 Å². The van der Waals surface area contributed by atoms with Crippen LogP contribution in [0.5, 0.6) is 0 Å². The highest BCUT2D eigenvalue weighted by molar-refractivity contribution is 8.00. The van der Waals surface area contributed by atoms with Gasteiger partial charge >= 0.3 is 0 Å². The summed E-state index contributed by atoms with van der Waals surface area (Å²) in [6.45, 7) is 14.3. The van der Waals surface area contributed by atoms with Gasteiger partial charge < -0.3 is 0 Å². The van der Waals surface area contributed by atoms with Gasteiger partial charge in [0.1, 0.15) is 0 Å².